The van der Waals surface area contributed by atoms with Gasteiger partial charge in [-0.15, -0.1) is 45.5 Å². The van der Waals surface area contributed by atoms with Gasteiger partial charge in [0.15, 0.2) is 11.8 Å². The molecule has 0 fully saturated rings. The molecule has 0 bridgehead atoms. The summed E-state index contributed by atoms with van der Waals surface area (Å²) in [6.07, 6.45) is 3.22. The quantitative estimate of drug-likeness (QED) is 0.163. The number of aliphatic imine (C=N–C) groups is 1. The summed E-state index contributed by atoms with van der Waals surface area (Å²) in [5.41, 5.74) is 0. The molecule has 2 N–H and O–H groups in total. The minimum absolute atomic E-state index is 0. The van der Waals surface area contributed by atoms with Crippen LogP contribution in [0.3, 0.4) is 0 Å². The second kappa shape index (κ2) is 16.5. The number of thiophene rings is 1. The molecule has 2 aromatic rings. The zero-order valence-electron chi connectivity index (χ0n) is 18.2. The molecular formula is C20H35IN6O2S. The van der Waals surface area contributed by atoms with Crippen molar-refractivity contribution in [2.45, 2.75) is 39.7 Å². The van der Waals surface area contributed by atoms with Gasteiger partial charge in [-0.1, -0.05) is 19.4 Å². The molecule has 0 aromatic carbocycles. The van der Waals surface area contributed by atoms with Crippen LogP contribution in [-0.4, -0.2) is 60.2 Å². The molecule has 8 nitrogen and oxygen atoms in total. The molecule has 10 heteroatoms. The van der Waals surface area contributed by atoms with Gasteiger partial charge in [-0.3, -0.25) is 0 Å². The minimum Gasteiger partial charge on any atom is -0.379 e. The molecule has 0 aliphatic carbocycles. The zero-order chi connectivity index (χ0) is 20.7. The lowest BCUT2D eigenvalue weighted by Gasteiger charge is -2.13. The van der Waals surface area contributed by atoms with Crippen molar-refractivity contribution in [2.24, 2.45) is 12.0 Å². The van der Waals surface area contributed by atoms with Gasteiger partial charge in [-0.2, -0.15) is 0 Å². The van der Waals surface area contributed by atoms with Crippen molar-refractivity contribution in [3.8, 4) is 0 Å². The van der Waals surface area contributed by atoms with Gasteiger partial charge in [0.25, 0.3) is 0 Å². The predicted molar refractivity (Wildman–Crippen MR) is 133 cm³/mol. The van der Waals surface area contributed by atoms with Gasteiger partial charge in [0.2, 0.25) is 0 Å². The highest BCUT2D eigenvalue weighted by Crippen LogP contribution is 2.08. The molecule has 2 aromatic heterocycles. The second-order valence-corrected chi connectivity index (χ2v) is 7.68. The molecule has 2 rings (SSSR count). The van der Waals surface area contributed by atoms with E-state index >= 15 is 0 Å². The average molecular weight is 551 g/mol. The van der Waals surface area contributed by atoms with Crippen LogP contribution < -0.4 is 10.6 Å². The van der Waals surface area contributed by atoms with Crippen LogP contribution in [0.2, 0.25) is 0 Å². The van der Waals surface area contributed by atoms with Gasteiger partial charge in [0.1, 0.15) is 12.4 Å². The maximum absolute atomic E-state index is 5.62. The van der Waals surface area contributed by atoms with E-state index in [0.717, 1.165) is 50.0 Å². The summed E-state index contributed by atoms with van der Waals surface area (Å²) >= 11 is 1.77. The van der Waals surface area contributed by atoms with Crippen LogP contribution in [0, 0.1) is 6.92 Å². The third-order valence-corrected chi connectivity index (χ3v) is 5.29. The van der Waals surface area contributed by atoms with Crippen LogP contribution in [0.1, 0.15) is 36.3 Å². The van der Waals surface area contributed by atoms with Gasteiger partial charge in [-0.05, 0) is 31.2 Å². The summed E-state index contributed by atoms with van der Waals surface area (Å²) in [4.78, 5) is 6.00. The molecule has 0 saturated heterocycles. The summed E-state index contributed by atoms with van der Waals surface area (Å²) in [6, 6.07) is 4.22. The van der Waals surface area contributed by atoms with Crippen LogP contribution in [0.25, 0.3) is 0 Å². The van der Waals surface area contributed by atoms with Crippen LogP contribution >= 0.6 is 35.3 Å². The number of nitrogens with one attached hydrogen (secondary N) is 2. The third-order valence-electron chi connectivity index (χ3n) is 4.36. The number of hydrogen-bond donors (Lipinski definition) is 2. The Bertz CT molecular complexity index is 708. The number of hydrogen-bond acceptors (Lipinski definition) is 6. The zero-order valence-corrected chi connectivity index (χ0v) is 21.4. The highest BCUT2D eigenvalue weighted by molar-refractivity contribution is 14.0. The topological polar surface area (TPSA) is 85.6 Å². The van der Waals surface area contributed by atoms with Crippen molar-refractivity contribution >= 4 is 41.3 Å². The monoisotopic (exact) mass is 550 g/mol. The number of aryl methyl sites for hydroxylation is 1. The highest BCUT2D eigenvalue weighted by atomic mass is 127. The Balaban J connectivity index is 0.00000450. The molecule has 0 saturated carbocycles. The first-order valence-electron chi connectivity index (χ1n) is 10.3. The third kappa shape index (κ3) is 10.7. The molecule has 0 aliphatic heterocycles. The van der Waals surface area contributed by atoms with E-state index in [-0.39, 0.29) is 24.0 Å². The van der Waals surface area contributed by atoms with Crippen molar-refractivity contribution in [1.29, 1.82) is 0 Å². The van der Waals surface area contributed by atoms with E-state index in [4.69, 9.17) is 9.47 Å². The van der Waals surface area contributed by atoms with Crippen molar-refractivity contribution < 1.29 is 9.47 Å². The van der Waals surface area contributed by atoms with E-state index < -0.39 is 0 Å². The molecule has 0 radical (unpaired) electrons. The second-order valence-electron chi connectivity index (χ2n) is 6.65. The van der Waals surface area contributed by atoms with Gasteiger partial charge in [0.05, 0.1) is 19.8 Å². The summed E-state index contributed by atoms with van der Waals surface area (Å²) in [5.74, 6) is 2.47. The summed E-state index contributed by atoms with van der Waals surface area (Å²) in [6.45, 7) is 8.72. The molecular weight excluding hydrogens is 515 g/mol. The van der Waals surface area contributed by atoms with Crippen molar-refractivity contribution in [3.05, 3.63) is 34.0 Å². The molecule has 0 unspecified atom stereocenters. The summed E-state index contributed by atoms with van der Waals surface area (Å²) < 4.78 is 13.1. The van der Waals surface area contributed by atoms with E-state index in [2.05, 4.69) is 50.3 Å². The molecule has 30 heavy (non-hydrogen) atoms. The van der Waals surface area contributed by atoms with E-state index in [1.54, 1.807) is 11.3 Å². The standard InChI is InChI=1S/C20H34N6O2S.HI/c1-4-5-11-27-13-14-28-12-10-22-20(21-9-8-18-7-6-15-29-18)23-16-19-25-24-17(2)26(19)3;/h6-7,15H,4-5,8-14,16H2,1-3H3,(H2,21,22,23);1H. The van der Waals surface area contributed by atoms with Crippen LogP contribution in [0.4, 0.5) is 0 Å². The van der Waals surface area contributed by atoms with Crippen LogP contribution in [0.15, 0.2) is 22.5 Å². The van der Waals surface area contributed by atoms with Crippen molar-refractivity contribution in [1.82, 2.24) is 25.4 Å². The smallest absolute Gasteiger partial charge is 0.191 e. The number of guanidine groups is 1. The maximum Gasteiger partial charge on any atom is 0.191 e. The van der Waals surface area contributed by atoms with E-state index in [1.807, 2.05) is 18.5 Å². The largest absolute Gasteiger partial charge is 0.379 e. The Hall–Kier alpha value is -1.24. The Morgan fingerprint density at radius 1 is 1.13 bits per heavy atom. The van der Waals surface area contributed by atoms with Gasteiger partial charge >= 0.3 is 0 Å². The lowest BCUT2D eigenvalue weighted by atomic mass is 10.3. The normalized spacial score (nSPS) is 11.4. The van der Waals surface area contributed by atoms with E-state index in [9.17, 15) is 0 Å². The highest BCUT2D eigenvalue weighted by Gasteiger charge is 2.05. The fourth-order valence-electron chi connectivity index (χ4n) is 2.48. The van der Waals surface area contributed by atoms with Crippen molar-refractivity contribution in [3.63, 3.8) is 0 Å². The summed E-state index contributed by atoms with van der Waals surface area (Å²) in [5, 5.41) is 17.1. The Morgan fingerprint density at radius 2 is 1.90 bits per heavy atom. The molecule has 0 atom stereocenters. The lowest BCUT2D eigenvalue weighted by Crippen LogP contribution is -2.40. The first-order valence-corrected chi connectivity index (χ1v) is 11.1. The summed E-state index contributed by atoms with van der Waals surface area (Å²) in [7, 11) is 1.95. The molecule has 0 aliphatic rings. The lowest BCUT2D eigenvalue weighted by molar-refractivity contribution is 0.0487. The molecule has 2 heterocycles. The van der Waals surface area contributed by atoms with Gasteiger partial charge in [-0.25, -0.2) is 4.99 Å². The molecule has 170 valence electrons. The molecule has 0 amide bonds. The first-order chi connectivity index (χ1) is 14.2. The number of ether oxygens (including phenoxy) is 2. The fraction of sp³-hybridized carbons (Fsp3) is 0.650. The average Bonchev–Trinajstić information content (AvgIpc) is 3.35. The van der Waals surface area contributed by atoms with Crippen LogP contribution in [0.5, 0.6) is 0 Å². The number of nitrogens with zero attached hydrogens (tertiary/aromatic N) is 4. The van der Waals surface area contributed by atoms with E-state index in [1.165, 1.54) is 4.88 Å². The first kappa shape index (κ1) is 26.8. The Labute approximate surface area is 200 Å². The fourth-order valence-corrected chi connectivity index (χ4v) is 3.19. The van der Waals surface area contributed by atoms with E-state index in [0.29, 0.717) is 32.9 Å². The molecule has 0 spiro atoms. The Morgan fingerprint density at radius 3 is 2.57 bits per heavy atom. The number of halogens is 1. The van der Waals surface area contributed by atoms with Gasteiger partial charge in [0, 0.05) is 31.6 Å². The minimum atomic E-state index is 0. The van der Waals surface area contributed by atoms with Crippen molar-refractivity contribution in [2.75, 3.05) is 39.5 Å². The SMILES string of the molecule is CCCCOCCOCCNC(=NCc1nnc(C)n1C)NCCc1cccs1.I. The maximum atomic E-state index is 5.62. The number of unbranched alkanes of at least 4 members (excludes halogenated alkanes) is 1. The predicted octanol–water partition coefficient (Wildman–Crippen LogP) is 2.91. The number of rotatable bonds is 14. The van der Waals surface area contributed by atoms with Crippen LogP contribution in [-0.2, 0) is 29.5 Å². The van der Waals surface area contributed by atoms with Gasteiger partial charge < -0.3 is 24.7 Å². The Kier molecular flexibility index (Phi) is 14.7. The number of aromatic nitrogens is 3.